The van der Waals surface area contributed by atoms with Crippen molar-refractivity contribution in [3.63, 3.8) is 0 Å². The number of aliphatic carboxylic acids is 1. The summed E-state index contributed by atoms with van der Waals surface area (Å²) in [6.45, 7) is 2.87. The first-order valence-electron chi connectivity index (χ1n) is 6.91. The van der Waals surface area contributed by atoms with E-state index in [4.69, 9.17) is 10.8 Å². The maximum atomic E-state index is 12.4. The van der Waals surface area contributed by atoms with Crippen molar-refractivity contribution in [2.75, 3.05) is 13.1 Å². The van der Waals surface area contributed by atoms with Crippen molar-refractivity contribution in [3.8, 4) is 0 Å². The number of primary amides is 1. The summed E-state index contributed by atoms with van der Waals surface area (Å²) >= 11 is 0. The highest BCUT2D eigenvalue weighted by Gasteiger charge is 2.44. The van der Waals surface area contributed by atoms with Crippen LogP contribution in [0, 0.1) is 0 Å². The van der Waals surface area contributed by atoms with Crippen molar-refractivity contribution in [2.45, 2.75) is 45.2 Å². The maximum absolute atomic E-state index is 12.4. The minimum absolute atomic E-state index is 0.115. The highest BCUT2D eigenvalue weighted by Crippen LogP contribution is 2.23. The number of carboxylic acid groups (broad SMARTS) is 1. The molecule has 8 heteroatoms. The summed E-state index contributed by atoms with van der Waals surface area (Å²) in [4.78, 5) is 48.7. The van der Waals surface area contributed by atoms with Crippen LogP contribution in [0.1, 0.15) is 33.1 Å². The van der Waals surface area contributed by atoms with Gasteiger partial charge in [-0.05, 0) is 12.8 Å². The Kier molecular flexibility index (Phi) is 5.83. The van der Waals surface area contributed by atoms with E-state index in [1.54, 1.807) is 0 Å². The molecule has 1 heterocycles. The number of rotatable bonds is 8. The molecule has 21 heavy (non-hydrogen) atoms. The van der Waals surface area contributed by atoms with E-state index in [0.29, 0.717) is 12.8 Å². The van der Waals surface area contributed by atoms with Gasteiger partial charge in [-0.15, -0.1) is 0 Å². The SMILES string of the molecule is CCC(CC)N1C(=O)CC(N(CC(N)=O)CC(=O)O)C1=O. The number of carbonyl (C=O) groups is 4. The summed E-state index contributed by atoms with van der Waals surface area (Å²) in [6.07, 6.45) is 1.15. The largest absolute Gasteiger partial charge is 0.480 e. The lowest BCUT2D eigenvalue weighted by atomic mass is 10.1. The number of carboxylic acids is 1. The van der Waals surface area contributed by atoms with Gasteiger partial charge in [-0.25, -0.2) is 0 Å². The summed E-state index contributed by atoms with van der Waals surface area (Å²) in [6, 6.07) is -1.13. The van der Waals surface area contributed by atoms with Crippen molar-refractivity contribution < 1.29 is 24.3 Å². The molecular weight excluding hydrogens is 278 g/mol. The van der Waals surface area contributed by atoms with Crippen LogP contribution in [0.15, 0.2) is 0 Å². The molecule has 0 aliphatic carbocycles. The monoisotopic (exact) mass is 299 g/mol. The Bertz CT molecular complexity index is 431. The molecule has 0 radical (unpaired) electrons. The lowest BCUT2D eigenvalue weighted by molar-refractivity contribution is -0.143. The standard InChI is InChI=1S/C13H21N3O5/c1-3-8(4-2)16-11(18)5-9(13(16)21)15(6-10(14)17)7-12(19)20/h8-9H,3-7H2,1-2H3,(H2,14,17)(H,19,20). The van der Waals surface area contributed by atoms with E-state index in [1.807, 2.05) is 13.8 Å². The van der Waals surface area contributed by atoms with E-state index < -0.39 is 30.4 Å². The molecule has 1 atom stereocenters. The van der Waals surface area contributed by atoms with Crippen LogP contribution in [-0.4, -0.2) is 63.8 Å². The summed E-state index contributed by atoms with van der Waals surface area (Å²) in [7, 11) is 0. The van der Waals surface area contributed by atoms with Crippen molar-refractivity contribution in [1.29, 1.82) is 0 Å². The smallest absolute Gasteiger partial charge is 0.317 e. The highest BCUT2D eigenvalue weighted by molar-refractivity contribution is 6.06. The summed E-state index contributed by atoms with van der Waals surface area (Å²) in [5.74, 6) is -2.70. The first kappa shape index (κ1) is 17.1. The van der Waals surface area contributed by atoms with Crippen LogP contribution in [-0.2, 0) is 19.2 Å². The lowest BCUT2D eigenvalue weighted by Gasteiger charge is -2.27. The Morgan fingerprint density at radius 3 is 2.33 bits per heavy atom. The molecule has 3 N–H and O–H groups in total. The molecule has 1 saturated heterocycles. The van der Waals surface area contributed by atoms with Gasteiger partial charge in [0.1, 0.15) is 0 Å². The molecule has 1 unspecified atom stereocenters. The van der Waals surface area contributed by atoms with E-state index in [2.05, 4.69) is 0 Å². The number of carbonyl (C=O) groups excluding carboxylic acids is 3. The molecule has 0 saturated carbocycles. The molecule has 0 bridgehead atoms. The third kappa shape index (κ3) is 4.01. The van der Waals surface area contributed by atoms with E-state index in [-0.39, 0.29) is 24.9 Å². The topological polar surface area (TPSA) is 121 Å². The Morgan fingerprint density at radius 1 is 1.33 bits per heavy atom. The second-order valence-electron chi connectivity index (χ2n) is 5.06. The molecule has 1 fully saturated rings. The van der Waals surface area contributed by atoms with Gasteiger partial charge < -0.3 is 10.8 Å². The zero-order valence-electron chi connectivity index (χ0n) is 12.2. The van der Waals surface area contributed by atoms with Crippen molar-refractivity contribution in [1.82, 2.24) is 9.80 Å². The number of nitrogens with two attached hydrogens (primary N) is 1. The van der Waals surface area contributed by atoms with Gasteiger partial charge in [-0.2, -0.15) is 0 Å². The predicted octanol–water partition coefficient (Wildman–Crippen LogP) is -0.826. The summed E-state index contributed by atoms with van der Waals surface area (Å²) in [5, 5.41) is 8.87. The lowest BCUT2D eigenvalue weighted by Crippen LogP contribution is -2.49. The first-order chi connectivity index (χ1) is 9.81. The highest BCUT2D eigenvalue weighted by atomic mass is 16.4. The second-order valence-corrected chi connectivity index (χ2v) is 5.06. The summed E-state index contributed by atoms with van der Waals surface area (Å²) in [5.41, 5.74) is 5.08. The Morgan fingerprint density at radius 2 is 1.90 bits per heavy atom. The van der Waals surface area contributed by atoms with E-state index in [9.17, 15) is 19.2 Å². The number of imide groups is 1. The van der Waals surface area contributed by atoms with Crippen molar-refractivity contribution >= 4 is 23.7 Å². The summed E-state index contributed by atoms with van der Waals surface area (Å²) < 4.78 is 0. The molecule has 0 aromatic carbocycles. The molecule has 1 aliphatic heterocycles. The fraction of sp³-hybridized carbons (Fsp3) is 0.692. The van der Waals surface area contributed by atoms with Gasteiger partial charge in [0.15, 0.2) is 0 Å². The second kappa shape index (κ2) is 7.16. The van der Waals surface area contributed by atoms with E-state index >= 15 is 0 Å². The third-order valence-corrected chi connectivity index (χ3v) is 3.60. The van der Waals surface area contributed by atoms with Gasteiger partial charge in [0.2, 0.25) is 17.7 Å². The Labute approximate surface area is 122 Å². The number of amides is 3. The van der Waals surface area contributed by atoms with E-state index in [0.717, 1.165) is 4.90 Å². The molecule has 8 nitrogen and oxygen atoms in total. The molecule has 3 amide bonds. The molecule has 0 spiro atoms. The van der Waals surface area contributed by atoms with E-state index in [1.165, 1.54) is 4.90 Å². The molecule has 0 aromatic rings. The Balaban J connectivity index is 2.95. The fourth-order valence-corrected chi connectivity index (χ4v) is 2.61. The van der Waals surface area contributed by atoms with Gasteiger partial charge >= 0.3 is 5.97 Å². The average molecular weight is 299 g/mol. The van der Waals surface area contributed by atoms with Gasteiger partial charge in [0.25, 0.3) is 0 Å². The van der Waals surface area contributed by atoms with Crippen molar-refractivity contribution in [3.05, 3.63) is 0 Å². The molecule has 1 aliphatic rings. The van der Waals surface area contributed by atoms with Crippen LogP contribution in [0.25, 0.3) is 0 Å². The van der Waals surface area contributed by atoms with Gasteiger partial charge in [-0.1, -0.05) is 13.8 Å². The van der Waals surface area contributed by atoms with Gasteiger partial charge in [-0.3, -0.25) is 29.0 Å². The van der Waals surface area contributed by atoms with Crippen LogP contribution >= 0.6 is 0 Å². The van der Waals surface area contributed by atoms with Crippen LogP contribution in [0.5, 0.6) is 0 Å². The number of nitrogens with zero attached hydrogens (tertiary/aromatic N) is 2. The number of hydrogen-bond donors (Lipinski definition) is 2. The molecule has 118 valence electrons. The third-order valence-electron chi connectivity index (χ3n) is 3.60. The normalized spacial score (nSPS) is 18.9. The molecule has 0 aromatic heterocycles. The van der Waals surface area contributed by atoms with Crippen LogP contribution < -0.4 is 5.73 Å². The predicted molar refractivity (Wildman–Crippen MR) is 73.0 cm³/mol. The van der Waals surface area contributed by atoms with Crippen LogP contribution in [0.2, 0.25) is 0 Å². The molecular formula is C13H21N3O5. The zero-order valence-corrected chi connectivity index (χ0v) is 12.2. The maximum Gasteiger partial charge on any atom is 0.317 e. The minimum atomic E-state index is -1.18. The average Bonchev–Trinajstić information content (AvgIpc) is 2.66. The Hall–Kier alpha value is -1.96. The van der Waals surface area contributed by atoms with Crippen LogP contribution in [0.3, 0.4) is 0 Å². The number of hydrogen-bond acceptors (Lipinski definition) is 5. The van der Waals surface area contributed by atoms with Crippen molar-refractivity contribution in [2.24, 2.45) is 5.73 Å². The molecule has 1 rings (SSSR count). The van der Waals surface area contributed by atoms with Gasteiger partial charge in [0, 0.05) is 6.04 Å². The zero-order chi connectivity index (χ0) is 16.2. The fourth-order valence-electron chi connectivity index (χ4n) is 2.61. The quantitative estimate of drug-likeness (QED) is 0.564. The van der Waals surface area contributed by atoms with Crippen LogP contribution in [0.4, 0.5) is 0 Å². The first-order valence-corrected chi connectivity index (χ1v) is 6.91. The minimum Gasteiger partial charge on any atom is -0.480 e. The number of likely N-dealkylation sites (tertiary alicyclic amines) is 1. The van der Waals surface area contributed by atoms with Gasteiger partial charge in [0.05, 0.1) is 25.6 Å².